The fraction of sp³-hybridized carbons (Fsp3) is 0.429. The van der Waals surface area contributed by atoms with E-state index < -0.39 is 0 Å². The highest BCUT2D eigenvalue weighted by Gasteiger charge is 1.90. The molecule has 1 N–H and O–H groups in total. The van der Waals surface area contributed by atoms with Crippen LogP contribution in [-0.4, -0.2) is 13.1 Å². The summed E-state index contributed by atoms with van der Waals surface area (Å²) in [5, 5.41) is 3.38. The highest BCUT2D eigenvalue weighted by Crippen LogP contribution is 2.05. The summed E-state index contributed by atoms with van der Waals surface area (Å²) in [6.07, 6.45) is 4.34. The minimum Gasteiger partial charge on any atom is -0.313 e. The number of nitrogens with one attached hydrogen (secondary N) is 1. The van der Waals surface area contributed by atoms with Gasteiger partial charge in [0.05, 0.1) is 0 Å². The Morgan fingerprint density at radius 2 is 2.13 bits per heavy atom. The fourth-order valence-electron chi connectivity index (χ4n) is 1.42. The fourth-order valence-corrected chi connectivity index (χ4v) is 1.42. The van der Waals surface area contributed by atoms with Gasteiger partial charge in [-0.15, -0.1) is 0 Å². The van der Waals surface area contributed by atoms with Gasteiger partial charge in [0.2, 0.25) is 0 Å². The van der Waals surface area contributed by atoms with Crippen molar-refractivity contribution in [3.05, 3.63) is 41.5 Å². The summed E-state index contributed by atoms with van der Waals surface area (Å²) in [5.74, 6) is 0.720. The highest BCUT2D eigenvalue weighted by atomic mass is 14.8. The van der Waals surface area contributed by atoms with Crippen molar-refractivity contribution in [2.24, 2.45) is 5.92 Å². The lowest BCUT2D eigenvalue weighted by molar-refractivity contribution is 0.577. The molecule has 0 atom stereocenters. The summed E-state index contributed by atoms with van der Waals surface area (Å²) < 4.78 is 0. The monoisotopic (exact) mass is 203 g/mol. The Bertz CT molecular complexity index is 313. The maximum Gasteiger partial charge on any atom is 0.0138 e. The molecule has 1 rings (SSSR count). The van der Waals surface area contributed by atoms with Crippen molar-refractivity contribution in [1.29, 1.82) is 0 Å². The second-order valence-corrected chi connectivity index (χ2v) is 4.37. The van der Waals surface area contributed by atoms with Crippen LogP contribution in [0.2, 0.25) is 0 Å². The van der Waals surface area contributed by atoms with Gasteiger partial charge in [-0.25, -0.2) is 0 Å². The summed E-state index contributed by atoms with van der Waals surface area (Å²) in [7, 11) is 0. The lowest BCUT2D eigenvalue weighted by Gasteiger charge is -2.03. The maximum absolute atomic E-state index is 3.38. The molecule has 0 fully saturated rings. The van der Waals surface area contributed by atoms with E-state index in [0.29, 0.717) is 0 Å². The van der Waals surface area contributed by atoms with Crippen molar-refractivity contribution < 1.29 is 0 Å². The molecule has 0 radical (unpaired) electrons. The number of rotatable bonds is 5. The largest absolute Gasteiger partial charge is 0.313 e. The predicted molar refractivity (Wildman–Crippen MR) is 67.9 cm³/mol. The molecule has 1 aromatic carbocycles. The van der Waals surface area contributed by atoms with Gasteiger partial charge in [-0.3, -0.25) is 0 Å². The Morgan fingerprint density at radius 1 is 1.33 bits per heavy atom. The SMILES string of the molecule is Cc1cccc(C=CCNCC(C)C)c1. The quantitative estimate of drug-likeness (QED) is 0.724. The Morgan fingerprint density at radius 3 is 2.80 bits per heavy atom. The minimum absolute atomic E-state index is 0.720. The standard InChI is InChI=1S/C14H21N/c1-12(2)11-15-9-5-8-14-7-4-6-13(3)10-14/h4-8,10,12,15H,9,11H2,1-3H3. The molecule has 0 amide bonds. The second-order valence-electron chi connectivity index (χ2n) is 4.37. The van der Waals surface area contributed by atoms with Crippen LogP contribution in [0.5, 0.6) is 0 Å². The smallest absolute Gasteiger partial charge is 0.0138 e. The lowest BCUT2D eigenvalue weighted by Crippen LogP contribution is -2.19. The van der Waals surface area contributed by atoms with Crippen LogP contribution >= 0.6 is 0 Å². The maximum atomic E-state index is 3.38. The molecule has 0 heterocycles. The van der Waals surface area contributed by atoms with E-state index in [1.165, 1.54) is 11.1 Å². The van der Waals surface area contributed by atoms with Crippen LogP contribution in [0, 0.1) is 12.8 Å². The average Bonchev–Trinajstić information content (AvgIpc) is 2.17. The average molecular weight is 203 g/mol. The summed E-state index contributed by atoms with van der Waals surface area (Å²) in [5.41, 5.74) is 2.59. The summed E-state index contributed by atoms with van der Waals surface area (Å²) in [6.45, 7) is 8.59. The van der Waals surface area contributed by atoms with Gasteiger partial charge < -0.3 is 5.32 Å². The van der Waals surface area contributed by atoms with E-state index in [-0.39, 0.29) is 0 Å². The molecule has 0 aliphatic rings. The number of hydrogen-bond acceptors (Lipinski definition) is 1. The molecule has 1 aromatic rings. The molecule has 0 unspecified atom stereocenters. The predicted octanol–water partition coefficient (Wildman–Crippen LogP) is 3.25. The van der Waals surface area contributed by atoms with Gasteiger partial charge in [0.15, 0.2) is 0 Å². The minimum atomic E-state index is 0.720. The molecule has 1 nitrogen and oxygen atoms in total. The van der Waals surface area contributed by atoms with Crippen molar-refractivity contribution in [2.75, 3.05) is 13.1 Å². The van der Waals surface area contributed by atoms with Crippen LogP contribution < -0.4 is 5.32 Å². The topological polar surface area (TPSA) is 12.0 Å². The molecule has 0 aliphatic heterocycles. The van der Waals surface area contributed by atoms with E-state index >= 15 is 0 Å². The molecule has 0 aliphatic carbocycles. The molecular weight excluding hydrogens is 182 g/mol. The molecule has 0 saturated carbocycles. The Balaban J connectivity index is 2.32. The summed E-state index contributed by atoms with van der Waals surface area (Å²) in [4.78, 5) is 0. The molecule has 0 saturated heterocycles. The van der Waals surface area contributed by atoms with Crippen LogP contribution in [0.3, 0.4) is 0 Å². The first-order valence-electron chi connectivity index (χ1n) is 5.62. The number of benzene rings is 1. The molecule has 15 heavy (non-hydrogen) atoms. The van der Waals surface area contributed by atoms with Gasteiger partial charge in [0, 0.05) is 6.54 Å². The van der Waals surface area contributed by atoms with Crippen molar-refractivity contribution in [2.45, 2.75) is 20.8 Å². The molecule has 0 spiro atoms. The van der Waals surface area contributed by atoms with Gasteiger partial charge in [0.1, 0.15) is 0 Å². The van der Waals surface area contributed by atoms with E-state index in [2.05, 4.69) is 62.5 Å². The Kier molecular flexibility index (Phi) is 5.13. The zero-order valence-corrected chi connectivity index (χ0v) is 9.96. The van der Waals surface area contributed by atoms with Crippen molar-refractivity contribution in [3.8, 4) is 0 Å². The van der Waals surface area contributed by atoms with Crippen LogP contribution in [0.4, 0.5) is 0 Å². The molecular formula is C14H21N. The molecule has 0 bridgehead atoms. The molecule has 82 valence electrons. The Hall–Kier alpha value is -1.08. The molecule has 0 aromatic heterocycles. The van der Waals surface area contributed by atoms with Crippen molar-refractivity contribution in [3.63, 3.8) is 0 Å². The van der Waals surface area contributed by atoms with E-state index in [0.717, 1.165) is 19.0 Å². The van der Waals surface area contributed by atoms with Gasteiger partial charge in [0.25, 0.3) is 0 Å². The van der Waals surface area contributed by atoms with Crippen LogP contribution in [0.15, 0.2) is 30.3 Å². The third-order valence-corrected chi connectivity index (χ3v) is 2.17. The number of aryl methyl sites for hydroxylation is 1. The van der Waals surface area contributed by atoms with Crippen LogP contribution in [-0.2, 0) is 0 Å². The van der Waals surface area contributed by atoms with Gasteiger partial charge in [-0.05, 0) is 24.9 Å². The summed E-state index contributed by atoms with van der Waals surface area (Å²) >= 11 is 0. The van der Waals surface area contributed by atoms with Crippen LogP contribution in [0.1, 0.15) is 25.0 Å². The van der Waals surface area contributed by atoms with Gasteiger partial charge in [-0.2, -0.15) is 0 Å². The van der Waals surface area contributed by atoms with E-state index in [1.54, 1.807) is 0 Å². The van der Waals surface area contributed by atoms with Crippen molar-refractivity contribution >= 4 is 6.08 Å². The first-order chi connectivity index (χ1) is 7.18. The second kappa shape index (κ2) is 6.41. The number of hydrogen-bond donors (Lipinski definition) is 1. The van der Waals surface area contributed by atoms with E-state index in [1.807, 2.05) is 0 Å². The zero-order chi connectivity index (χ0) is 11.1. The van der Waals surface area contributed by atoms with Crippen molar-refractivity contribution in [1.82, 2.24) is 5.32 Å². The zero-order valence-electron chi connectivity index (χ0n) is 9.96. The van der Waals surface area contributed by atoms with E-state index in [9.17, 15) is 0 Å². The lowest BCUT2D eigenvalue weighted by atomic mass is 10.1. The van der Waals surface area contributed by atoms with E-state index in [4.69, 9.17) is 0 Å². The van der Waals surface area contributed by atoms with Crippen LogP contribution in [0.25, 0.3) is 6.08 Å². The summed E-state index contributed by atoms with van der Waals surface area (Å²) in [6, 6.07) is 8.54. The Labute approximate surface area is 93.2 Å². The third kappa shape index (κ3) is 5.38. The third-order valence-electron chi connectivity index (χ3n) is 2.17. The van der Waals surface area contributed by atoms with Gasteiger partial charge >= 0.3 is 0 Å². The first kappa shape index (κ1) is 12.0. The first-order valence-corrected chi connectivity index (χ1v) is 5.62. The normalized spacial score (nSPS) is 11.5. The van der Waals surface area contributed by atoms with Gasteiger partial charge in [-0.1, -0.05) is 55.8 Å². The molecule has 1 heteroatoms. The highest BCUT2D eigenvalue weighted by molar-refractivity contribution is 5.50.